The second kappa shape index (κ2) is 10.1. The fourth-order valence-electron chi connectivity index (χ4n) is 3.82. The van der Waals surface area contributed by atoms with E-state index in [-0.39, 0.29) is 17.9 Å². The van der Waals surface area contributed by atoms with Crippen LogP contribution in [0.15, 0.2) is 81.9 Å². The van der Waals surface area contributed by atoms with E-state index in [0.717, 1.165) is 22.6 Å². The molecular weight excluding hydrogens is 448 g/mol. The maximum Gasteiger partial charge on any atom is 0.344 e. The van der Waals surface area contributed by atoms with Crippen molar-refractivity contribution in [3.63, 3.8) is 0 Å². The Balaban J connectivity index is 1.75. The van der Waals surface area contributed by atoms with E-state index in [1.165, 1.54) is 11.8 Å². The number of hydrogen-bond donors (Lipinski definition) is 1. The van der Waals surface area contributed by atoms with Crippen LogP contribution in [-0.2, 0) is 9.53 Å². The molecule has 0 saturated heterocycles. The third-order valence-electron chi connectivity index (χ3n) is 5.44. The van der Waals surface area contributed by atoms with Crippen LogP contribution < -0.4 is 4.74 Å². The Morgan fingerprint density at radius 3 is 2.47 bits per heavy atom. The maximum atomic E-state index is 12.7. The molecule has 1 N–H and O–H groups in total. The number of aliphatic imine (C=N–C) groups is 1. The first kappa shape index (κ1) is 23.4. The summed E-state index contributed by atoms with van der Waals surface area (Å²) in [5.74, 6) is -0.0143. The minimum Gasteiger partial charge on any atom is -0.506 e. The van der Waals surface area contributed by atoms with Crippen molar-refractivity contribution in [2.24, 2.45) is 4.99 Å². The van der Waals surface area contributed by atoms with Crippen molar-refractivity contribution >= 4 is 34.5 Å². The van der Waals surface area contributed by atoms with Crippen LogP contribution >= 0.6 is 11.8 Å². The van der Waals surface area contributed by atoms with Crippen LogP contribution in [-0.4, -0.2) is 34.4 Å². The van der Waals surface area contributed by atoms with Gasteiger partial charge in [-0.05, 0) is 74.9 Å². The van der Waals surface area contributed by atoms with Crippen LogP contribution in [0.4, 0.5) is 5.69 Å². The van der Waals surface area contributed by atoms with Crippen molar-refractivity contribution in [3.05, 3.63) is 93.9 Å². The zero-order chi connectivity index (χ0) is 24.2. The molecule has 2 heterocycles. The number of aliphatic hydroxyl groups is 1. The van der Waals surface area contributed by atoms with Crippen molar-refractivity contribution in [1.82, 2.24) is 4.57 Å². The van der Waals surface area contributed by atoms with Crippen LogP contribution in [0.3, 0.4) is 0 Å². The number of carbonyl (C=O) groups excluding carboxylic acids is 1. The number of hydrogen-bond acceptors (Lipinski definition) is 6. The van der Waals surface area contributed by atoms with Gasteiger partial charge in [0.05, 0.1) is 24.3 Å². The van der Waals surface area contributed by atoms with E-state index < -0.39 is 5.97 Å². The van der Waals surface area contributed by atoms with Gasteiger partial charge in [0.25, 0.3) is 0 Å². The van der Waals surface area contributed by atoms with Gasteiger partial charge in [0.1, 0.15) is 22.1 Å². The van der Waals surface area contributed by atoms with Gasteiger partial charge >= 0.3 is 5.97 Å². The van der Waals surface area contributed by atoms with Crippen molar-refractivity contribution in [1.29, 1.82) is 0 Å². The molecule has 0 spiro atoms. The summed E-state index contributed by atoms with van der Waals surface area (Å²) in [6, 6.07) is 19.3. The number of rotatable bonds is 6. The molecule has 0 radical (unpaired) electrons. The molecule has 0 bridgehead atoms. The van der Waals surface area contributed by atoms with E-state index in [1.807, 2.05) is 38.1 Å². The number of ether oxygens (including phenoxy) is 2. The van der Waals surface area contributed by atoms with Gasteiger partial charge in [-0.2, -0.15) is 0 Å². The highest BCUT2D eigenvalue weighted by Crippen LogP contribution is 2.41. The zero-order valence-corrected chi connectivity index (χ0v) is 20.3. The van der Waals surface area contributed by atoms with Crippen LogP contribution in [0, 0.1) is 13.8 Å². The topological polar surface area (TPSA) is 73.0 Å². The van der Waals surface area contributed by atoms with Gasteiger partial charge in [0, 0.05) is 17.1 Å². The molecule has 6 nitrogen and oxygen atoms in total. The summed E-state index contributed by atoms with van der Waals surface area (Å²) in [4.78, 5) is 17.8. The molecular formula is C27H26N2O4S. The standard InChI is InChI=1S/C27H26N2O4S/c1-5-33-27(31)24-25(30)23(34-26(24)28-20-11-13-22(32-4)14-12-20)16-19-15-17(2)29(18(19)3)21-9-7-6-8-10-21/h6-16,30H,5H2,1-4H3/b23-16+,28-26?. The van der Waals surface area contributed by atoms with Crippen LogP contribution in [0.2, 0.25) is 0 Å². The summed E-state index contributed by atoms with van der Waals surface area (Å²) in [6.07, 6.45) is 1.89. The number of nitrogens with zero attached hydrogens (tertiary/aromatic N) is 2. The van der Waals surface area contributed by atoms with Gasteiger partial charge in [-0.3, -0.25) is 0 Å². The van der Waals surface area contributed by atoms with Crippen molar-refractivity contribution in [3.8, 4) is 11.4 Å². The third kappa shape index (κ3) is 4.65. The average molecular weight is 475 g/mol. The molecule has 1 aromatic heterocycles. The zero-order valence-electron chi connectivity index (χ0n) is 19.5. The van der Waals surface area contributed by atoms with Crippen LogP contribution in [0.25, 0.3) is 11.8 Å². The number of para-hydroxylation sites is 1. The minimum absolute atomic E-state index is 0.0748. The number of methoxy groups -OCH3 is 1. The van der Waals surface area contributed by atoms with Crippen molar-refractivity contribution in [2.45, 2.75) is 20.8 Å². The van der Waals surface area contributed by atoms with Crippen LogP contribution in [0.1, 0.15) is 23.9 Å². The van der Waals surface area contributed by atoms with E-state index in [1.54, 1.807) is 38.3 Å². The molecule has 1 aliphatic heterocycles. The average Bonchev–Trinajstić information content (AvgIpc) is 3.29. The first-order chi connectivity index (χ1) is 16.4. The Labute approximate surface area is 203 Å². The summed E-state index contributed by atoms with van der Waals surface area (Å²) in [6.45, 7) is 6.01. The quantitative estimate of drug-likeness (QED) is 0.425. The third-order valence-corrected chi connectivity index (χ3v) is 6.46. The number of benzene rings is 2. The van der Waals surface area contributed by atoms with Gasteiger partial charge in [-0.25, -0.2) is 9.79 Å². The predicted octanol–water partition coefficient (Wildman–Crippen LogP) is 6.30. The fourth-order valence-corrected chi connectivity index (χ4v) is 4.84. The van der Waals surface area contributed by atoms with Crippen molar-refractivity contribution in [2.75, 3.05) is 13.7 Å². The maximum absolute atomic E-state index is 12.7. The number of esters is 1. The summed E-state index contributed by atoms with van der Waals surface area (Å²) in [5, 5.41) is 11.4. The molecule has 2 aromatic carbocycles. The number of carbonyl (C=O) groups is 1. The minimum atomic E-state index is -0.599. The Bertz CT molecular complexity index is 1300. The van der Waals surface area contributed by atoms with E-state index in [9.17, 15) is 9.90 Å². The second-order valence-corrected chi connectivity index (χ2v) is 8.70. The van der Waals surface area contributed by atoms with Gasteiger partial charge < -0.3 is 19.1 Å². The fraction of sp³-hybridized carbons (Fsp3) is 0.185. The molecule has 0 saturated carbocycles. The first-order valence-electron chi connectivity index (χ1n) is 10.9. The summed E-state index contributed by atoms with van der Waals surface area (Å²) >= 11 is 1.25. The molecule has 0 atom stereocenters. The number of aryl methyl sites for hydroxylation is 1. The number of aliphatic hydroxyl groups excluding tert-OH is 1. The number of aromatic nitrogens is 1. The molecule has 3 aromatic rings. The summed E-state index contributed by atoms with van der Waals surface area (Å²) < 4.78 is 12.6. The largest absolute Gasteiger partial charge is 0.506 e. The molecule has 0 amide bonds. The van der Waals surface area contributed by atoms with Gasteiger partial charge in [0.15, 0.2) is 0 Å². The second-order valence-electron chi connectivity index (χ2n) is 7.67. The summed E-state index contributed by atoms with van der Waals surface area (Å²) in [7, 11) is 1.60. The Hall–Kier alpha value is -3.71. The van der Waals surface area contributed by atoms with E-state index in [4.69, 9.17) is 9.47 Å². The van der Waals surface area contributed by atoms with Gasteiger partial charge in [-0.15, -0.1) is 0 Å². The summed E-state index contributed by atoms with van der Waals surface area (Å²) in [5.41, 5.74) is 4.83. The SMILES string of the molecule is CCOC(=O)C1=C(O)/C(=C\c2cc(C)n(-c3ccccc3)c2C)SC1=Nc1ccc(OC)cc1. The predicted molar refractivity (Wildman–Crippen MR) is 137 cm³/mol. The van der Waals surface area contributed by atoms with Gasteiger partial charge in [0.2, 0.25) is 0 Å². The monoisotopic (exact) mass is 474 g/mol. The number of thioether (sulfide) groups is 1. The van der Waals surface area contributed by atoms with E-state index in [2.05, 4.69) is 27.8 Å². The molecule has 1 aliphatic rings. The van der Waals surface area contributed by atoms with Crippen LogP contribution in [0.5, 0.6) is 5.75 Å². The Morgan fingerprint density at radius 2 is 1.82 bits per heavy atom. The highest BCUT2D eigenvalue weighted by atomic mass is 32.2. The Kier molecular flexibility index (Phi) is 6.93. The normalized spacial score (nSPS) is 15.9. The van der Waals surface area contributed by atoms with E-state index in [0.29, 0.717) is 21.4 Å². The molecule has 34 heavy (non-hydrogen) atoms. The highest BCUT2D eigenvalue weighted by molar-refractivity contribution is 8.18. The lowest BCUT2D eigenvalue weighted by Crippen LogP contribution is -2.12. The molecule has 7 heteroatoms. The molecule has 4 rings (SSSR count). The molecule has 0 aliphatic carbocycles. The molecule has 0 unspecified atom stereocenters. The van der Waals surface area contributed by atoms with E-state index >= 15 is 0 Å². The Morgan fingerprint density at radius 1 is 1.12 bits per heavy atom. The van der Waals surface area contributed by atoms with Crippen molar-refractivity contribution < 1.29 is 19.4 Å². The smallest absolute Gasteiger partial charge is 0.344 e. The first-order valence-corrected chi connectivity index (χ1v) is 11.7. The molecule has 0 fully saturated rings. The highest BCUT2D eigenvalue weighted by Gasteiger charge is 2.33. The van der Waals surface area contributed by atoms with Gasteiger partial charge in [-0.1, -0.05) is 30.0 Å². The lowest BCUT2D eigenvalue weighted by atomic mass is 10.2. The lowest BCUT2D eigenvalue weighted by molar-refractivity contribution is -0.138. The lowest BCUT2D eigenvalue weighted by Gasteiger charge is -2.09. The molecule has 174 valence electrons.